The van der Waals surface area contributed by atoms with E-state index in [1.165, 1.54) is 18.6 Å². The molecule has 1 aliphatic rings. The lowest BCUT2D eigenvalue weighted by Gasteiger charge is -2.26. The van der Waals surface area contributed by atoms with Gasteiger partial charge in [-0.1, -0.05) is 6.07 Å². The molecule has 1 aliphatic heterocycles. The molecular weight excluding hydrogens is 316 g/mol. The Labute approximate surface area is 135 Å². The van der Waals surface area contributed by atoms with Crippen LogP contribution in [-0.4, -0.2) is 27.1 Å². The number of nitrogens with one attached hydrogen (secondary N) is 1. The molecule has 23 heavy (non-hydrogen) atoms. The zero-order valence-electron chi connectivity index (χ0n) is 12.4. The second-order valence-electron chi connectivity index (χ2n) is 5.00. The number of pyridine rings is 1. The van der Waals surface area contributed by atoms with Crippen molar-refractivity contribution in [1.29, 1.82) is 0 Å². The van der Waals surface area contributed by atoms with Gasteiger partial charge in [0.2, 0.25) is 0 Å². The average molecular weight is 332 g/mol. The topological polar surface area (TPSA) is 91.7 Å². The van der Waals surface area contributed by atoms with Gasteiger partial charge in [-0.2, -0.15) is 0 Å². The molecule has 0 spiro atoms. The predicted molar refractivity (Wildman–Crippen MR) is 88.5 cm³/mol. The van der Waals surface area contributed by atoms with Gasteiger partial charge >= 0.3 is 0 Å². The summed E-state index contributed by atoms with van der Waals surface area (Å²) in [7, 11) is -1.49. The fourth-order valence-corrected chi connectivity index (χ4v) is 3.64. The number of methoxy groups -OCH3 is 1. The lowest BCUT2D eigenvalue weighted by molar-refractivity contribution is 0.0947. The number of hydrogen-bond donors (Lipinski definition) is 3. The number of aromatic nitrogens is 1. The number of rotatable bonds is 4. The molecule has 3 N–H and O–H groups in total. The van der Waals surface area contributed by atoms with E-state index in [0.717, 1.165) is 5.56 Å². The molecule has 0 unspecified atom stereocenters. The minimum absolute atomic E-state index is 0.301. The van der Waals surface area contributed by atoms with Crippen LogP contribution in [0.25, 0.3) is 6.08 Å². The predicted octanol–water partition coefficient (Wildman–Crippen LogP) is 3.11. The maximum absolute atomic E-state index is 12.4. The molecule has 1 aromatic heterocycles. The van der Waals surface area contributed by atoms with Crippen LogP contribution in [0.2, 0.25) is 0 Å². The number of fused-ring (bicyclic) bond motifs is 1. The minimum Gasteiger partial charge on any atom is -0.495 e. The summed E-state index contributed by atoms with van der Waals surface area (Å²) in [6, 6.07) is 6.75. The SMILES string of the molecule is COc1c(C(=O)NCc2cccnc2)ccc2c1C=CS2(O)O. The summed E-state index contributed by atoms with van der Waals surface area (Å²) in [4.78, 5) is 16.8. The smallest absolute Gasteiger partial charge is 0.255 e. The Balaban J connectivity index is 1.86. The Morgan fingerprint density at radius 1 is 1.35 bits per heavy atom. The summed E-state index contributed by atoms with van der Waals surface area (Å²) in [5.74, 6) is 0.0326. The van der Waals surface area contributed by atoms with E-state index in [1.54, 1.807) is 30.6 Å². The highest BCUT2D eigenvalue weighted by molar-refractivity contribution is 8.27. The number of benzene rings is 1. The van der Waals surface area contributed by atoms with E-state index in [4.69, 9.17) is 4.74 Å². The third-order valence-corrected chi connectivity index (χ3v) is 5.05. The third-order valence-electron chi connectivity index (χ3n) is 3.53. The molecular formula is C16H16N2O4S. The zero-order chi connectivity index (χ0) is 16.4. The summed E-state index contributed by atoms with van der Waals surface area (Å²) < 4.78 is 25.2. The van der Waals surface area contributed by atoms with E-state index < -0.39 is 10.6 Å². The first-order valence-electron chi connectivity index (χ1n) is 6.87. The largest absolute Gasteiger partial charge is 0.495 e. The molecule has 1 amide bonds. The highest BCUT2D eigenvalue weighted by Gasteiger charge is 2.27. The van der Waals surface area contributed by atoms with E-state index in [9.17, 15) is 13.9 Å². The Morgan fingerprint density at radius 2 is 2.17 bits per heavy atom. The van der Waals surface area contributed by atoms with Crippen LogP contribution in [0.1, 0.15) is 21.5 Å². The Bertz CT molecular complexity index is 775. The van der Waals surface area contributed by atoms with Crippen molar-refractivity contribution in [3.8, 4) is 5.75 Å². The van der Waals surface area contributed by atoms with Gasteiger partial charge in [0.1, 0.15) is 5.75 Å². The zero-order valence-corrected chi connectivity index (χ0v) is 13.2. The molecule has 0 fully saturated rings. The van der Waals surface area contributed by atoms with Crippen molar-refractivity contribution in [3.63, 3.8) is 0 Å². The van der Waals surface area contributed by atoms with Crippen LogP contribution in [0.4, 0.5) is 0 Å². The van der Waals surface area contributed by atoms with Gasteiger partial charge in [-0.3, -0.25) is 18.9 Å². The molecule has 0 atom stereocenters. The highest BCUT2D eigenvalue weighted by Crippen LogP contribution is 2.58. The normalized spacial score (nSPS) is 15.8. The minimum atomic E-state index is -2.94. The number of ether oxygens (including phenoxy) is 1. The van der Waals surface area contributed by atoms with Crippen LogP contribution in [0.3, 0.4) is 0 Å². The van der Waals surface area contributed by atoms with Crippen molar-refractivity contribution in [2.24, 2.45) is 0 Å². The van der Waals surface area contributed by atoms with Gasteiger partial charge in [-0.05, 0) is 29.8 Å². The first-order chi connectivity index (χ1) is 11.0. The van der Waals surface area contributed by atoms with Gasteiger partial charge in [0.25, 0.3) is 5.91 Å². The molecule has 6 nitrogen and oxygen atoms in total. The summed E-state index contributed by atoms with van der Waals surface area (Å²) in [5, 5.41) is 4.13. The van der Waals surface area contributed by atoms with Crippen LogP contribution in [-0.2, 0) is 6.54 Å². The quantitative estimate of drug-likeness (QED) is 0.800. The lowest BCUT2D eigenvalue weighted by Crippen LogP contribution is -2.23. The van der Waals surface area contributed by atoms with Gasteiger partial charge < -0.3 is 10.1 Å². The van der Waals surface area contributed by atoms with E-state index in [2.05, 4.69) is 10.3 Å². The van der Waals surface area contributed by atoms with Crippen molar-refractivity contribution in [2.75, 3.05) is 7.11 Å². The third kappa shape index (κ3) is 2.94. The van der Waals surface area contributed by atoms with Crippen LogP contribution in [0.15, 0.2) is 47.0 Å². The summed E-state index contributed by atoms with van der Waals surface area (Å²) in [5.41, 5.74) is 1.76. The monoisotopic (exact) mass is 332 g/mol. The summed E-state index contributed by atoms with van der Waals surface area (Å²) in [6.45, 7) is 0.345. The van der Waals surface area contributed by atoms with Gasteiger partial charge in [-0.15, -0.1) is 10.6 Å². The molecule has 0 bridgehead atoms. The van der Waals surface area contributed by atoms with Gasteiger partial charge in [-0.25, -0.2) is 0 Å². The van der Waals surface area contributed by atoms with Crippen LogP contribution in [0.5, 0.6) is 5.75 Å². The standard InChI is InChI=1S/C16H16N2O4S/c1-22-15-12-6-8-23(20,21)14(12)5-4-13(15)16(19)18-10-11-3-2-7-17-9-11/h2-9,20-21H,10H2,1H3,(H,18,19). The maximum Gasteiger partial charge on any atom is 0.255 e. The van der Waals surface area contributed by atoms with Crippen LogP contribution < -0.4 is 10.1 Å². The van der Waals surface area contributed by atoms with Crippen LogP contribution >= 0.6 is 10.6 Å². The Hall–Kier alpha value is -2.35. The first-order valence-corrected chi connectivity index (χ1v) is 8.48. The summed E-state index contributed by atoms with van der Waals surface area (Å²) in [6.07, 6.45) is 4.92. The van der Waals surface area contributed by atoms with Crippen molar-refractivity contribution >= 4 is 22.6 Å². The van der Waals surface area contributed by atoms with Gasteiger partial charge in [0, 0.05) is 29.9 Å². The van der Waals surface area contributed by atoms with Crippen molar-refractivity contribution < 1.29 is 18.6 Å². The van der Waals surface area contributed by atoms with Crippen molar-refractivity contribution in [2.45, 2.75) is 11.4 Å². The molecule has 120 valence electrons. The molecule has 1 aromatic carbocycles. The number of amides is 1. The molecule has 0 radical (unpaired) electrons. The number of carbonyl (C=O) groups excluding carboxylic acids is 1. The summed E-state index contributed by atoms with van der Waals surface area (Å²) >= 11 is 0. The van der Waals surface area contributed by atoms with E-state index in [-0.39, 0.29) is 5.91 Å². The average Bonchev–Trinajstić information content (AvgIpc) is 2.88. The second kappa shape index (κ2) is 6.04. The second-order valence-corrected chi connectivity index (χ2v) is 6.90. The Morgan fingerprint density at radius 3 is 2.87 bits per heavy atom. The fraction of sp³-hybridized carbons (Fsp3) is 0.125. The molecule has 3 rings (SSSR count). The molecule has 0 saturated heterocycles. The first kappa shape index (κ1) is 15.5. The molecule has 0 aliphatic carbocycles. The maximum atomic E-state index is 12.4. The lowest BCUT2D eigenvalue weighted by atomic mass is 10.1. The van der Waals surface area contributed by atoms with E-state index in [0.29, 0.717) is 28.3 Å². The van der Waals surface area contributed by atoms with Gasteiger partial charge in [0.15, 0.2) is 0 Å². The van der Waals surface area contributed by atoms with E-state index >= 15 is 0 Å². The van der Waals surface area contributed by atoms with Crippen LogP contribution in [0, 0.1) is 0 Å². The van der Waals surface area contributed by atoms with Gasteiger partial charge in [0.05, 0.1) is 17.6 Å². The van der Waals surface area contributed by atoms with Crippen molar-refractivity contribution in [3.05, 3.63) is 58.8 Å². The molecule has 2 aromatic rings. The Kier molecular flexibility index (Phi) is 4.08. The van der Waals surface area contributed by atoms with E-state index in [1.807, 2.05) is 6.07 Å². The number of carbonyl (C=O) groups is 1. The molecule has 7 heteroatoms. The number of nitrogens with zero attached hydrogens (tertiary/aromatic N) is 1. The van der Waals surface area contributed by atoms with Crippen molar-refractivity contribution in [1.82, 2.24) is 10.3 Å². The fourth-order valence-electron chi connectivity index (χ4n) is 2.42. The number of hydrogen-bond acceptors (Lipinski definition) is 5. The molecule has 0 saturated carbocycles. The highest BCUT2D eigenvalue weighted by atomic mass is 32.3. The molecule has 2 heterocycles.